The topological polar surface area (TPSA) is 45.2 Å². The van der Waals surface area contributed by atoms with Crippen LogP contribution in [0.2, 0.25) is 0 Å². The summed E-state index contributed by atoms with van der Waals surface area (Å²) < 4.78 is 49.4. The summed E-state index contributed by atoms with van der Waals surface area (Å²) in [6, 6.07) is 0.841. The summed E-state index contributed by atoms with van der Waals surface area (Å²) in [7, 11) is 2.42. The SMILES string of the molecule is CNc1ncc(F)cc1C(=O)N(C)CC(F)(F)F. The van der Waals surface area contributed by atoms with Crippen LogP contribution in [-0.4, -0.2) is 42.6 Å². The number of carbonyl (C=O) groups is 1. The Balaban J connectivity index is 2.99. The molecule has 0 aliphatic carbocycles. The van der Waals surface area contributed by atoms with Crippen LogP contribution in [-0.2, 0) is 0 Å². The van der Waals surface area contributed by atoms with Crippen LogP contribution < -0.4 is 5.32 Å². The van der Waals surface area contributed by atoms with Crippen LogP contribution in [0.4, 0.5) is 23.4 Å². The van der Waals surface area contributed by atoms with E-state index >= 15 is 0 Å². The molecule has 1 amide bonds. The van der Waals surface area contributed by atoms with Crippen LogP contribution in [0.15, 0.2) is 12.3 Å². The van der Waals surface area contributed by atoms with Gasteiger partial charge in [-0.3, -0.25) is 4.79 Å². The van der Waals surface area contributed by atoms with Crippen molar-refractivity contribution < 1.29 is 22.4 Å². The van der Waals surface area contributed by atoms with Gasteiger partial charge in [0.2, 0.25) is 0 Å². The van der Waals surface area contributed by atoms with E-state index in [4.69, 9.17) is 0 Å². The Bertz CT molecular complexity index is 447. The fraction of sp³-hybridized carbons (Fsp3) is 0.400. The molecule has 18 heavy (non-hydrogen) atoms. The molecule has 0 aromatic carbocycles. The summed E-state index contributed by atoms with van der Waals surface area (Å²) in [5, 5.41) is 2.51. The van der Waals surface area contributed by atoms with E-state index in [9.17, 15) is 22.4 Å². The van der Waals surface area contributed by atoms with Crippen LogP contribution >= 0.6 is 0 Å². The number of carbonyl (C=O) groups excluding carboxylic acids is 1. The quantitative estimate of drug-likeness (QED) is 0.849. The van der Waals surface area contributed by atoms with Crippen molar-refractivity contribution in [2.75, 3.05) is 26.0 Å². The Labute approximate surface area is 101 Å². The molecule has 0 spiro atoms. The number of rotatable bonds is 3. The molecule has 1 aromatic rings. The molecule has 4 nitrogen and oxygen atoms in total. The lowest BCUT2D eigenvalue weighted by molar-refractivity contribution is -0.138. The van der Waals surface area contributed by atoms with Crippen molar-refractivity contribution >= 4 is 11.7 Å². The van der Waals surface area contributed by atoms with Crippen molar-refractivity contribution in [1.82, 2.24) is 9.88 Å². The summed E-state index contributed by atoms with van der Waals surface area (Å²) in [5.74, 6) is -1.73. The Morgan fingerprint density at radius 1 is 1.50 bits per heavy atom. The lowest BCUT2D eigenvalue weighted by Crippen LogP contribution is -2.36. The van der Waals surface area contributed by atoms with Crippen molar-refractivity contribution in [3.63, 3.8) is 0 Å². The molecule has 0 unspecified atom stereocenters. The maximum Gasteiger partial charge on any atom is 0.406 e. The molecule has 0 aliphatic rings. The minimum Gasteiger partial charge on any atom is -0.372 e. The molecule has 1 aromatic heterocycles. The Hall–Kier alpha value is -1.86. The molecule has 100 valence electrons. The fourth-order valence-electron chi connectivity index (χ4n) is 1.35. The van der Waals surface area contributed by atoms with Gasteiger partial charge in [-0.15, -0.1) is 0 Å². The Morgan fingerprint density at radius 2 is 2.11 bits per heavy atom. The first-order valence-corrected chi connectivity index (χ1v) is 4.90. The van der Waals surface area contributed by atoms with Gasteiger partial charge in [-0.1, -0.05) is 0 Å². The molecule has 0 bridgehead atoms. The third-order valence-electron chi connectivity index (χ3n) is 2.08. The molecule has 0 radical (unpaired) electrons. The molecule has 1 rings (SSSR count). The molecule has 0 atom stereocenters. The summed E-state index contributed by atoms with van der Waals surface area (Å²) in [6.45, 7) is -1.41. The van der Waals surface area contributed by atoms with Crippen molar-refractivity contribution in [1.29, 1.82) is 0 Å². The first kappa shape index (κ1) is 14.2. The Morgan fingerprint density at radius 3 is 2.61 bits per heavy atom. The number of alkyl halides is 3. The van der Waals surface area contributed by atoms with E-state index in [1.54, 1.807) is 0 Å². The largest absolute Gasteiger partial charge is 0.406 e. The molecule has 0 aliphatic heterocycles. The smallest absolute Gasteiger partial charge is 0.372 e. The highest BCUT2D eigenvalue weighted by molar-refractivity contribution is 5.98. The summed E-state index contributed by atoms with van der Waals surface area (Å²) in [4.78, 5) is 15.8. The van der Waals surface area contributed by atoms with Crippen LogP contribution in [0.3, 0.4) is 0 Å². The number of hydrogen-bond donors (Lipinski definition) is 1. The van der Waals surface area contributed by atoms with Gasteiger partial charge < -0.3 is 10.2 Å². The van der Waals surface area contributed by atoms with Gasteiger partial charge in [-0.2, -0.15) is 13.2 Å². The lowest BCUT2D eigenvalue weighted by atomic mass is 10.2. The number of nitrogens with one attached hydrogen (secondary N) is 1. The number of anilines is 1. The average molecular weight is 265 g/mol. The standard InChI is InChI=1S/C10H11F4N3O/c1-15-8-7(3-6(11)4-16-8)9(18)17(2)5-10(12,13)14/h3-4H,5H2,1-2H3,(H,15,16). The normalized spacial score (nSPS) is 11.2. The second kappa shape index (κ2) is 5.19. The van der Waals surface area contributed by atoms with Gasteiger partial charge in [-0.05, 0) is 6.07 Å². The van der Waals surface area contributed by atoms with Crippen LogP contribution in [0.25, 0.3) is 0 Å². The van der Waals surface area contributed by atoms with E-state index in [0.29, 0.717) is 4.90 Å². The number of aromatic nitrogens is 1. The van der Waals surface area contributed by atoms with Crippen molar-refractivity contribution in [2.45, 2.75) is 6.18 Å². The average Bonchev–Trinajstić information content (AvgIpc) is 2.25. The number of pyridine rings is 1. The summed E-state index contributed by atoms with van der Waals surface area (Å²) in [6.07, 6.45) is -3.64. The van der Waals surface area contributed by atoms with E-state index in [1.165, 1.54) is 7.05 Å². The van der Waals surface area contributed by atoms with Crippen molar-refractivity contribution in [3.8, 4) is 0 Å². The summed E-state index contributed by atoms with van der Waals surface area (Å²) in [5.41, 5.74) is -0.246. The number of amides is 1. The molecule has 1 heterocycles. The number of hydrogen-bond acceptors (Lipinski definition) is 3. The van der Waals surface area contributed by atoms with Crippen LogP contribution in [0, 0.1) is 5.82 Å². The molecule has 0 saturated carbocycles. The van der Waals surface area contributed by atoms with Crippen LogP contribution in [0.1, 0.15) is 10.4 Å². The number of nitrogens with zero attached hydrogens (tertiary/aromatic N) is 2. The van der Waals surface area contributed by atoms with E-state index in [-0.39, 0.29) is 11.4 Å². The summed E-state index contributed by atoms with van der Waals surface area (Å²) >= 11 is 0. The first-order chi connectivity index (χ1) is 8.24. The molecular formula is C10H11F4N3O. The van der Waals surface area contributed by atoms with Gasteiger partial charge in [0.05, 0.1) is 11.8 Å². The molecule has 0 saturated heterocycles. The minimum atomic E-state index is -4.51. The lowest BCUT2D eigenvalue weighted by Gasteiger charge is -2.19. The zero-order valence-corrected chi connectivity index (χ0v) is 9.68. The van der Waals surface area contributed by atoms with Gasteiger partial charge in [0.15, 0.2) is 0 Å². The van der Waals surface area contributed by atoms with E-state index < -0.39 is 24.4 Å². The van der Waals surface area contributed by atoms with Gasteiger partial charge in [0, 0.05) is 14.1 Å². The molecule has 8 heteroatoms. The van der Waals surface area contributed by atoms with Gasteiger partial charge in [0.1, 0.15) is 18.2 Å². The zero-order valence-electron chi connectivity index (χ0n) is 9.68. The van der Waals surface area contributed by atoms with Gasteiger partial charge >= 0.3 is 6.18 Å². The molecule has 0 fully saturated rings. The maximum absolute atomic E-state index is 13.0. The second-order valence-corrected chi connectivity index (χ2v) is 3.58. The third kappa shape index (κ3) is 3.57. The Kier molecular flexibility index (Phi) is 4.10. The first-order valence-electron chi connectivity index (χ1n) is 4.90. The predicted octanol–water partition coefficient (Wildman–Crippen LogP) is 1.90. The maximum atomic E-state index is 13.0. The highest BCUT2D eigenvalue weighted by Gasteiger charge is 2.32. The zero-order chi connectivity index (χ0) is 13.9. The van der Waals surface area contributed by atoms with E-state index in [0.717, 1.165) is 19.3 Å². The molecule has 1 N–H and O–H groups in total. The number of halogens is 4. The minimum absolute atomic E-state index is 0.0235. The predicted molar refractivity (Wildman–Crippen MR) is 56.8 cm³/mol. The van der Waals surface area contributed by atoms with Crippen LogP contribution in [0.5, 0.6) is 0 Å². The monoisotopic (exact) mass is 265 g/mol. The highest BCUT2D eigenvalue weighted by Crippen LogP contribution is 2.19. The highest BCUT2D eigenvalue weighted by atomic mass is 19.4. The van der Waals surface area contributed by atoms with E-state index in [2.05, 4.69) is 10.3 Å². The van der Waals surface area contributed by atoms with Gasteiger partial charge in [-0.25, -0.2) is 9.37 Å². The third-order valence-corrected chi connectivity index (χ3v) is 2.08. The van der Waals surface area contributed by atoms with Crippen molar-refractivity contribution in [3.05, 3.63) is 23.6 Å². The van der Waals surface area contributed by atoms with E-state index in [1.807, 2.05) is 0 Å². The molecular weight excluding hydrogens is 254 g/mol. The van der Waals surface area contributed by atoms with Gasteiger partial charge in [0.25, 0.3) is 5.91 Å². The van der Waals surface area contributed by atoms with Crippen molar-refractivity contribution in [2.24, 2.45) is 0 Å². The fourth-order valence-corrected chi connectivity index (χ4v) is 1.35. The second-order valence-electron chi connectivity index (χ2n) is 3.58.